The van der Waals surface area contributed by atoms with Crippen LogP contribution in [-0.4, -0.2) is 33.3 Å². The van der Waals surface area contributed by atoms with E-state index in [9.17, 15) is 9.50 Å². The van der Waals surface area contributed by atoms with Crippen molar-refractivity contribution >= 4 is 23.4 Å². The molecular weight excluding hydrogens is 381 g/mol. The van der Waals surface area contributed by atoms with Crippen LogP contribution >= 0.6 is 12.4 Å². The van der Waals surface area contributed by atoms with E-state index in [1.54, 1.807) is 24.5 Å². The summed E-state index contributed by atoms with van der Waals surface area (Å²) in [6.07, 6.45) is 3.04. The van der Waals surface area contributed by atoms with Crippen LogP contribution in [0.1, 0.15) is 31.0 Å². The van der Waals surface area contributed by atoms with Gasteiger partial charge in [0.15, 0.2) is 0 Å². The molecule has 28 heavy (non-hydrogen) atoms. The Morgan fingerprint density at radius 1 is 1.14 bits per heavy atom. The summed E-state index contributed by atoms with van der Waals surface area (Å²) in [5.41, 5.74) is 2.21. The van der Waals surface area contributed by atoms with Gasteiger partial charge in [-0.2, -0.15) is 0 Å². The average molecular weight is 404 g/mol. The van der Waals surface area contributed by atoms with Gasteiger partial charge in [-0.05, 0) is 44.5 Å². The standard InChI is InChI=1S/C21H22FN3O2.ClH/c1-21(2)20(26)19(25-8-7-13-5-3-4-6-15(13)22)14-11-16-17(12-18(14)27-21)24-10-9-23-16;/h3-6,9-12,19-20,25-26H,7-8H2,1-2H3;1H/t19-,20+;/m0./s1. The molecule has 4 rings (SSSR count). The van der Waals surface area contributed by atoms with Gasteiger partial charge < -0.3 is 15.2 Å². The summed E-state index contributed by atoms with van der Waals surface area (Å²) in [7, 11) is 0. The number of nitrogens with one attached hydrogen (secondary N) is 1. The first-order valence-corrected chi connectivity index (χ1v) is 9.04. The molecule has 0 radical (unpaired) electrons. The van der Waals surface area contributed by atoms with Crippen molar-refractivity contribution in [2.45, 2.75) is 38.0 Å². The van der Waals surface area contributed by atoms with Crippen LogP contribution in [0.5, 0.6) is 5.75 Å². The summed E-state index contributed by atoms with van der Waals surface area (Å²) < 4.78 is 19.9. The monoisotopic (exact) mass is 403 g/mol. The van der Waals surface area contributed by atoms with Crippen molar-refractivity contribution in [1.82, 2.24) is 15.3 Å². The minimum Gasteiger partial charge on any atom is -0.485 e. The van der Waals surface area contributed by atoms with Crippen LogP contribution in [0.2, 0.25) is 0 Å². The fourth-order valence-electron chi connectivity index (χ4n) is 3.54. The lowest BCUT2D eigenvalue weighted by Gasteiger charge is -2.42. The summed E-state index contributed by atoms with van der Waals surface area (Å²) in [6.45, 7) is 4.23. The molecule has 1 aliphatic rings. The second kappa shape index (κ2) is 7.99. The second-order valence-corrected chi connectivity index (χ2v) is 7.36. The number of hydrogen-bond acceptors (Lipinski definition) is 5. The summed E-state index contributed by atoms with van der Waals surface area (Å²) in [5, 5.41) is 14.2. The van der Waals surface area contributed by atoms with Crippen LogP contribution in [0.3, 0.4) is 0 Å². The van der Waals surface area contributed by atoms with Crippen molar-refractivity contribution in [2.75, 3.05) is 6.54 Å². The Kier molecular flexibility index (Phi) is 5.84. The summed E-state index contributed by atoms with van der Waals surface area (Å²) in [4.78, 5) is 8.67. The van der Waals surface area contributed by atoms with Crippen LogP contribution in [0.25, 0.3) is 11.0 Å². The maximum absolute atomic E-state index is 13.9. The normalized spacial score (nSPS) is 20.1. The lowest BCUT2D eigenvalue weighted by Crippen LogP contribution is -2.52. The fraction of sp³-hybridized carbons (Fsp3) is 0.333. The van der Waals surface area contributed by atoms with E-state index in [-0.39, 0.29) is 24.3 Å². The lowest BCUT2D eigenvalue weighted by molar-refractivity contribution is -0.0642. The molecule has 0 saturated carbocycles. The third-order valence-electron chi connectivity index (χ3n) is 5.05. The van der Waals surface area contributed by atoms with Gasteiger partial charge in [-0.15, -0.1) is 12.4 Å². The highest BCUT2D eigenvalue weighted by Crippen LogP contribution is 2.41. The van der Waals surface area contributed by atoms with E-state index in [1.807, 2.05) is 32.0 Å². The first kappa shape index (κ1) is 20.5. The van der Waals surface area contributed by atoms with Crippen molar-refractivity contribution in [2.24, 2.45) is 0 Å². The highest BCUT2D eigenvalue weighted by atomic mass is 35.5. The Labute approximate surface area is 169 Å². The van der Waals surface area contributed by atoms with Gasteiger partial charge in [0.1, 0.15) is 23.3 Å². The molecule has 5 nitrogen and oxygen atoms in total. The van der Waals surface area contributed by atoms with Crippen molar-refractivity contribution in [3.63, 3.8) is 0 Å². The Morgan fingerprint density at radius 3 is 2.54 bits per heavy atom. The van der Waals surface area contributed by atoms with Gasteiger partial charge in [0, 0.05) is 24.0 Å². The third kappa shape index (κ3) is 3.81. The fourth-order valence-corrected chi connectivity index (χ4v) is 3.54. The summed E-state index contributed by atoms with van der Waals surface area (Å²) >= 11 is 0. The molecule has 0 aliphatic carbocycles. The molecule has 2 heterocycles. The summed E-state index contributed by atoms with van der Waals surface area (Å²) in [6, 6.07) is 10.2. The molecular formula is C21H23ClFN3O2. The molecule has 0 spiro atoms. The Hall–Kier alpha value is -2.28. The molecule has 2 atom stereocenters. The average Bonchev–Trinajstić information content (AvgIpc) is 2.65. The minimum atomic E-state index is -0.765. The van der Waals surface area contributed by atoms with Crippen molar-refractivity contribution < 1.29 is 14.2 Å². The molecule has 1 aliphatic heterocycles. The van der Waals surface area contributed by atoms with Crippen LogP contribution in [0, 0.1) is 5.82 Å². The molecule has 1 aromatic heterocycles. The highest BCUT2D eigenvalue weighted by molar-refractivity contribution is 5.85. The predicted octanol–water partition coefficient (Wildman–Crippen LogP) is 3.60. The van der Waals surface area contributed by atoms with E-state index < -0.39 is 11.7 Å². The largest absolute Gasteiger partial charge is 0.485 e. The van der Waals surface area contributed by atoms with Gasteiger partial charge in [-0.3, -0.25) is 9.97 Å². The van der Waals surface area contributed by atoms with E-state index in [0.29, 0.717) is 24.3 Å². The predicted molar refractivity (Wildman–Crippen MR) is 108 cm³/mol. The number of fused-ring (bicyclic) bond motifs is 2. The SMILES string of the molecule is CC1(C)Oc2cc3nccnc3cc2[C@H](NCCc2ccccc2F)[C@H]1O.Cl. The molecule has 7 heteroatoms. The number of benzene rings is 2. The number of halogens is 2. The number of hydrogen-bond donors (Lipinski definition) is 2. The topological polar surface area (TPSA) is 67.3 Å². The molecule has 0 amide bonds. The number of aromatic nitrogens is 2. The number of nitrogens with zero attached hydrogens (tertiary/aromatic N) is 2. The number of rotatable bonds is 4. The summed E-state index contributed by atoms with van der Waals surface area (Å²) in [5.74, 6) is 0.468. The van der Waals surface area contributed by atoms with E-state index in [1.165, 1.54) is 6.07 Å². The zero-order valence-corrected chi connectivity index (χ0v) is 16.5. The zero-order valence-electron chi connectivity index (χ0n) is 15.7. The molecule has 0 bridgehead atoms. The zero-order chi connectivity index (χ0) is 19.0. The van der Waals surface area contributed by atoms with Crippen LogP contribution in [-0.2, 0) is 6.42 Å². The van der Waals surface area contributed by atoms with Crippen LogP contribution in [0.15, 0.2) is 48.8 Å². The lowest BCUT2D eigenvalue weighted by atomic mass is 9.86. The van der Waals surface area contributed by atoms with E-state index in [2.05, 4.69) is 15.3 Å². The molecule has 2 aromatic carbocycles. The van der Waals surface area contributed by atoms with Gasteiger partial charge in [0.05, 0.1) is 17.1 Å². The third-order valence-corrected chi connectivity index (χ3v) is 5.05. The number of aliphatic hydroxyl groups is 1. The Balaban J connectivity index is 0.00000225. The van der Waals surface area contributed by atoms with Gasteiger partial charge in [-0.1, -0.05) is 18.2 Å². The molecule has 0 saturated heterocycles. The van der Waals surface area contributed by atoms with Gasteiger partial charge >= 0.3 is 0 Å². The molecule has 0 unspecified atom stereocenters. The van der Waals surface area contributed by atoms with Gasteiger partial charge in [0.25, 0.3) is 0 Å². The maximum atomic E-state index is 13.9. The highest BCUT2D eigenvalue weighted by Gasteiger charge is 2.42. The van der Waals surface area contributed by atoms with Crippen LogP contribution in [0.4, 0.5) is 4.39 Å². The smallest absolute Gasteiger partial charge is 0.131 e. The minimum absolute atomic E-state index is 0. The Bertz CT molecular complexity index is 983. The molecule has 3 aromatic rings. The second-order valence-electron chi connectivity index (χ2n) is 7.36. The van der Waals surface area contributed by atoms with Crippen molar-refractivity contribution in [1.29, 1.82) is 0 Å². The first-order valence-electron chi connectivity index (χ1n) is 9.04. The van der Waals surface area contributed by atoms with E-state index in [0.717, 1.165) is 16.6 Å². The molecule has 0 fully saturated rings. The van der Waals surface area contributed by atoms with Crippen molar-refractivity contribution in [3.8, 4) is 5.75 Å². The molecule has 2 N–H and O–H groups in total. The maximum Gasteiger partial charge on any atom is 0.131 e. The van der Waals surface area contributed by atoms with E-state index in [4.69, 9.17) is 4.74 Å². The quantitative estimate of drug-likeness (QED) is 0.696. The first-order chi connectivity index (χ1) is 13.0. The Morgan fingerprint density at radius 2 is 1.82 bits per heavy atom. The number of ether oxygens (including phenoxy) is 1. The van der Waals surface area contributed by atoms with E-state index >= 15 is 0 Å². The van der Waals surface area contributed by atoms with Crippen LogP contribution < -0.4 is 10.1 Å². The van der Waals surface area contributed by atoms with Crippen molar-refractivity contribution in [3.05, 3.63) is 65.7 Å². The van der Waals surface area contributed by atoms with Gasteiger partial charge in [-0.25, -0.2) is 4.39 Å². The number of aliphatic hydroxyl groups excluding tert-OH is 1. The van der Waals surface area contributed by atoms with Gasteiger partial charge in [0.2, 0.25) is 0 Å². The molecule has 148 valence electrons.